The van der Waals surface area contributed by atoms with Crippen LogP contribution in [0.1, 0.15) is 37.7 Å². The summed E-state index contributed by atoms with van der Waals surface area (Å²) in [7, 11) is 0. The van der Waals surface area contributed by atoms with E-state index in [4.69, 9.17) is 15.0 Å². The highest BCUT2D eigenvalue weighted by Crippen LogP contribution is 2.51. The van der Waals surface area contributed by atoms with Gasteiger partial charge in [0, 0.05) is 38.6 Å². The lowest BCUT2D eigenvalue weighted by Crippen LogP contribution is -2.14. The summed E-state index contributed by atoms with van der Waals surface area (Å²) in [6.45, 7) is 10.6. The number of para-hydroxylation sites is 1. The van der Waals surface area contributed by atoms with E-state index in [9.17, 15) is 0 Å². The van der Waals surface area contributed by atoms with Crippen LogP contribution in [0.5, 0.6) is 0 Å². The summed E-state index contributed by atoms with van der Waals surface area (Å²) in [5.74, 6) is 1.85. The molecule has 0 atom stereocenters. The minimum atomic E-state index is -0.0953. The van der Waals surface area contributed by atoms with Gasteiger partial charge in [-0.15, -0.1) is 0 Å². The predicted octanol–water partition coefficient (Wildman–Crippen LogP) is 10.8. The van der Waals surface area contributed by atoms with E-state index in [-0.39, 0.29) is 5.41 Å². The predicted molar refractivity (Wildman–Crippen MR) is 196 cm³/mol. The largest absolute Gasteiger partial charge is 0.309 e. The fourth-order valence-electron chi connectivity index (χ4n) is 7.09. The molecule has 0 bridgehead atoms. The van der Waals surface area contributed by atoms with Gasteiger partial charge in [-0.2, -0.15) is 0 Å². The van der Waals surface area contributed by atoms with Crippen LogP contribution >= 0.6 is 0 Å². The first-order chi connectivity index (χ1) is 23.0. The molecular weight excluding hydrogens is 573 g/mol. The maximum absolute atomic E-state index is 5.00. The summed E-state index contributed by atoms with van der Waals surface area (Å²) in [5, 5.41) is 2.48. The lowest BCUT2D eigenvalue weighted by molar-refractivity contribution is 0.661. The zero-order valence-corrected chi connectivity index (χ0v) is 26.8. The number of aromatic nitrogens is 4. The molecule has 8 rings (SSSR count). The van der Waals surface area contributed by atoms with Crippen LogP contribution in [0.2, 0.25) is 0 Å². The molecular formula is C43H34N4. The molecule has 1 aliphatic carbocycles. The van der Waals surface area contributed by atoms with Gasteiger partial charge in [0.25, 0.3) is 0 Å². The number of fused-ring (bicyclic) bond motifs is 6. The van der Waals surface area contributed by atoms with Gasteiger partial charge >= 0.3 is 0 Å². The second-order valence-electron chi connectivity index (χ2n) is 12.5. The van der Waals surface area contributed by atoms with Crippen molar-refractivity contribution < 1.29 is 0 Å². The smallest absolute Gasteiger partial charge is 0.164 e. The van der Waals surface area contributed by atoms with Crippen molar-refractivity contribution in [3.8, 4) is 39.6 Å². The Morgan fingerprint density at radius 1 is 0.660 bits per heavy atom. The zero-order chi connectivity index (χ0) is 32.1. The van der Waals surface area contributed by atoms with E-state index in [1.54, 1.807) is 6.08 Å². The van der Waals surface area contributed by atoms with Crippen molar-refractivity contribution in [3.05, 3.63) is 163 Å². The molecule has 0 N–H and O–H groups in total. The van der Waals surface area contributed by atoms with Crippen LogP contribution in [0.25, 0.3) is 67.0 Å². The molecule has 0 saturated carbocycles. The average molecular weight is 607 g/mol. The van der Waals surface area contributed by atoms with Crippen molar-refractivity contribution in [2.24, 2.45) is 0 Å². The number of benzene rings is 5. The molecule has 0 unspecified atom stereocenters. The molecule has 0 amide bonds. The Labute approximate surface area is 275 Å². The summed E-state index contributed by atoms with van der Waals surface area (Å²) in [6.07, 6.45) is 7.68. The highest BCUT2D eigenvalue weighted by molar-refractivity contribution is 6.11. The van der Waals surface area contributed by atoms with Crippen LogP contribution in [0.3, 0.4) is 0 Å². The molecule has 5 aromatic carbocycles. The molecule has 0 saturated heterocycles. The topological polar surface area (TPSA) is 43.6 Å². The third-order valence-electron chi connectivity index (χ3n) is 9.31. The number of allylic oxidation sites excluding steroid dienone is 5. The van der Waals surface area contributed by atoms with Crippen molar-refractivity contribution in [2.45, 2.75) is 26.2 Å². The quantitative estimate of drug-likeness (QED) is 0.177. The Kier molecular flexibility index (Phi) is 6.80. The van der Waals surface area contributed by atoms with E-state index in [1.165, 1.54) is 44.1 Å². The molecule has 4 nitrogen and oxygen atoms in total. The molecule has 0 spiro atoms. The van der Waals surface area contributed by atoms with Crippen molar-refractivity contribution in [3.63, 3.8) is 0 Å². The summed E-state index contributed by atoms with van der Waals surface area (Å²) in [5.41, 5.74) is 11.4. The second kappa shape index (κ2) is 11.2. The van der Waals surface area contributed by atoms with Gasteiger partial charge in [-0.25, -0.2) is 15.0 Å². The van der Waals surface area contributed by atoms with Crippen molar-refractivity contribution in [2.75, 3.05) is 0 Å². The Bertz CT molecular complexity index is 2410. The van der Waals surface area contributed by atoms with Crippen LogP contribution in [0.4, 0.5) is 0 Å². The first kappa shape index (κ1) is 28.6. The highest BCUT2D eigenvalue weighted by atomic mass is 15.0. The number of hydrogen-bond donors (Lipinski definition) is 0. The summed E-state index contributed by atoms with van der Waals surface area (Å²) in [6, 6.07) is 40.9. The van der Waals surface area contributed by atoms with Gasteiger partial charge in [-0.1, -0.05) is 130 Å². The zero-order valence-electron chi connectivity index (χ0n) is 26.8. The van der Waals surface area contributed by atoms with Gasteiger partial charge in [0.2, 0.25) is 0 Å². The molecule has 1 aliphatic rings. The normalized spacial score (nSPS) is 13.7. The third kappa shape index (κ3) is 4.64. The molecule has 4 heteroatoms. The maximum Gasteiger partial charge on any atom is 0.164 e. The van der Waals surface area contributed by atoms with Gasteiger partial charge < -0.3 is 4.57 Å². The average Bonchev–Trinajstić information content (AvgIpc) is 3.55. The van der Waals surface area contributed by atoms with Crippen molar-refractivity contribution in [1.29, 1.82) is 0 Å². The second-order valence-corrected chi connectivity index (χ2v) is 12.5. The summed E-state index contributed by atoms with van der Waals surface area (Å²) < 4.78 is 2.39. The first-order valence-electron chi connectivity index (χ1n) is 16.0. The molecule has 226 valence electrons. The lowest BCUT2D eigenvalue weighted by atomic mass is 9.82. The monoisotopic (exact) mass is 606 g/mol. The fourth-order valence-corrected chi connectivity index (χ4v) is 7.09. The molecule has 0 aliphatic heterocycles. The van der Waals surface area contributed by atoms with E-state index in [1.807, 2.05) is 55.5 Å². The fraction of sp³-hybridized carbons (Fsp3) is 0.0930. The van der Waals surface area contributed by atoms with Crippen LogP contribution in [-0.2, 0) is 5.41 Å². The Balaban J connectivity index is 1.35. The van der Waals surface area contributed by atoms with E-state index in [2.05, 4.69) is 110 Å². The van der Waals surface area contributed by atoms with Crippen LogP contribution in [-0.4, -0.2) is 19.5 Å². The van der Waals surface area contributed by atoms with Gasteiger partial charge in [0.15, 0.2) is 17.5 Å². The van der Waals surface area contributed by atoms with Crippen molar-refractivity contribution in [1.82, 2.24) is 19.5 Å². The third-order valence-corrected chi connectivity index (χ3v) is 9.31. The Morgan fingerprint density at radius 3 is 2.19 bits per heavy atom. The lowest BCUT2D eigenvalue weighted by Gasteiger charge is -2.21. The van der Waals surface area contributed by atoms with Crippen LogP contribution in [0, 0.1) is 0 Å². The van der Waals surface area contributed by atoms with Crippen LogP contribution in [0.15, 0.2) is 146 Å². The standard InChI is InChI=1S/C43H34N4/c1-5-15-28(16-6-2)40-44-41(29-17-8-7-9-18-29)46-42(45-40)30-19-14-20-31(25-30)47-38-24-13-11-22-33(38)35-26-34-32-21-10-12-23-36(32)43(3,4)37(34)27-39(35)47/h5-27H,1H2,2-4H3/b16-6-,28-15+. The maximum atomic E-state index is 5.00. The Morgan fingerprint density at radius 2 is 1.38 bits per heavy atom. The first-order valence-corrected chi connectivity index (χ1v) is 16.0. The molecule has 47 heavy (non-hydrogen) atoms. The SMILES string of the molecule is C=C/C=C(\C=C/C)c1nc(-c2ccccc2)nc(-c2cccc(-n3c4ccccc4c4cc5c(cc43)C(C)(C)c3ccccc3-5)c2)n1. The molecule has 2 heterocycles. The molecule has 7 aromatic rings. The van der Waals surface area contributed by atoms with Crippen molar-refractivity contribution >= 4 is 27.4 Å². The molecule has 0 fully saturated rings. The molecule has 2 aromatic heterocycles. The van der Waals surface area contributed by atoms with Crippen LogP contribution < -0.4 is 0 Å². The summed E-state index contributed by atoms with van der Waals surface area (Å²) >= 11 is 0. The van der Waals surface area contributed by atoms with E-state index >= 15 is 0 Å². The highest BCUT2D eigenvalue weighted by Gasteiger charge is 2.36. The minimum absolute atomic E-state index is 0.0953. The number of rotatable bonds is 6. The Hall–Kier alpha value is -5.87. The van der Waals surface area contributed by atoms with Gasteiger partial charge in [0.05, 0.1) is 11.0 Å². The van der Waals surface area contributed by atoms with E-state index in [0.29, 0.717) is 17.5 Å². The summed E-state index contributed by atoms with van der Waals surface area (Å²) in [4.78, 5) is 14.9. The molecule has 0 radical (unpaired) electrons. The van der Waals surface area contributed by atoms with E-state index < -0.39 is 0 Å². The number of hydrogen-bond acceptors (Lipinski definition) is 3. The van der Waals surface area contributed by atoms with Gasteiger partial charge in [-0.3, -0.25) is 0 Å². The van der Waals surface area contributed by atoms with Gasteiger partial charge in [-0.05, 0) is 59.5 Å². The van der Waals surface area contributed by atoms with Gasteiger partial charge in [0.1, 0.15) is 0 Å². The van der Waals surface area contributed by atoms with E-state index in [0.717, 1.165) is 22.4 Å². The minimum Gasteiger partial charge on any atom is -0.309 e. The number of nitrogens with zero attached hydrogens (tertiary/aromatic N) is 4.